The number of benzene rings is 1. The van der Waals surface area contributed by atoms with E-state index in [2.05, 4.69) is 12.2 Å². The fraction of sp³-hybridized carbons (Fsp3) is 0.529. The normalized spacial score (nSPS) is 22.3. The van der Waals surface area contributed by atoms with Crippen LogP contribution >= 0.6 is 0 Å². The molecule has 114 valence electrons. The predicted molar refractivity (Wildman–Crippen MR) is 81.3 cm³/mol. The molecule has 0 aromatic heterocycles. The van der Waals surface area contributed by atoms with E-state index < -0.39 is 5.97 Å². The number of aromatic carboxylic acids is 1. The largest absolute Gasteiger partial charge is 0.478 e. The van der Waals surface area contributed by atoms with Crippen LogP contribution in [-0.4, -0.2) is 23.0 Å². The molecule has 1 saturated carbocycles. The van der Waals surface area contributed by atoms with Crippen molar-refractivity contribution in [1.29, 1.82) is 0 Å². The summed E-state index contributed by atoms with van der Waals surface area (Å²) in [5.41, 5.74) is 1.09. The van der Waals surface area contributed by atoms with Gasteiger partial charge in [0.2, 0.25) is 5.91 Å². The lowest BCUT2D eigenvalue weighted by atomic mass is 10.0. The van der Waals surface area contributed by atoms with Crippen LogP contribution in [0.5, 0.6) is 0 Å². The summed E-state index contributed by atoms with van der Waals surface area (Å²) >= 11 is 0. The molecule has 0 bridgehead atoms. The molecule has 21 heavy (non-hydrogen) atoms. The Hall–Kier alpha value is -1.84. The van der Waals surface area contributed by atoms with E-state index in [0.717, 1.165) is 24.3 Å². The first-order chi connectivity index (χ1) is 10.0. The van der Waals surface area contributed by atoms with Crippen molar-refractivity contribution in [2.45, 2.75) is 51.5 Å². The van der Waals surface area contributed by atoms with E-state index in [1.54, 1.807) is 12.1 Å². The monoisotopic (exact) mass is 289 g/mol. The Kier molecular flexibility index (Phi) is 5.37. The van der Waals surface area contributed by atoms with Crippen LogP contribution in [0.2, 0.25) is 0 Å². The summed E-state index contributed by atoms with van der Waals surface area (Å²) in [6.45, 7) is 2.27. The van der Waals surface area contributed by atoms with Crippen molar-refractivity contribution in [3.8, 4) is 0 Å². The molecule has 4 heteroatoms. The smallest absolute Gasteiger partial charge is 0.335 e. The lowest BCUT2D eigenvalue weighted by Gasteiger charge is -2.16. The number of carbonyl (C=O) groups is 2. The zero-order valence-corrected chi connectivity index (χ0v) is 12.5. The highest BCUT2D eigenvalue weighted by Gasteiger charge is 2.18. The molecule has 0 spiro atoms. The van der Waals surface area contributed by atoms with Crippen molar-refractivity contribution in [1.82, 2.24) is 5.32 Å². The average Bonchev–Trinajstić information content (AvgIpc) is 2.64. The number of carboxylic acids is 1. The number of carboxylic acid groups (broad SMARTS) is 1. The van der Waals surface area contributed by atoms with Gasteiger partial charge in [0.25, 0.3) is 0 Å². The van der Waals surface area contributed by atoms with Crippen molar-refractivity contribution in [3.05, 3.63) is 35.4 Å². The van der Waals surface area contributed by atoms with Crippen molar-refractivity contribution < 1.29 is 14.7 Å². The number of amides is 1. The van der Waals surface area contributed by atoms with Crippen LogP contribution in [-0.2, 0) is 11.2 Å². The molecule has 1 aliphatic rings. The second kappa shape index (κ2) is 7.25. The molecular weight excluding hydrogens is 266 g/mol. The van der Waals surface area contributed by atoms with E-state index >= 15 is 0 Å². The van der Waals surface area contributed by atoms with Crippen LogP contribution < -0.4 is 5.32 Å². The Balaban J connectivity index is 1.85. The molecule has 2 atom stereocenters. The minimum absolute atomic E-state index is 0.0256. The van der Waals surface area contributed by atoms with Crippen molar-refractivity contribution in [2.24, 2.45) is 5.92 Å². The Morgan fingerprint density at radius 2 is 1.86 bits per heavy atom. The van der Waals surface area contributed by atoms with Crippen LogP contribution in [0.4, 0.5) is 0 Å². The number of rotatable bonds is 4. The van der Waals surface area contributed by atoms with Gasteiger partial charge in [0.1, 0.15) is 0 Å². The van der Waals surface area contributed by atoms with Crippen LogP contribution in [0.3, 0.4) is 0 Å². The molecular formula is C17H23NO3. The first-order valence-electron chi connectivity index (χ1n) is 7.66. The predicted octanol–water partition coefficient (Wildman–Crippen LogP) is 3.01. The summed E-state index contributed by atoms with van der Waals surface area (Å²) in [6.07, 6.45) is 6.05. The molecule has 2 N–H and O–H groups in total. The molecule has 1 aliphatic carbocycles. The Labute approximate surface area is 125 Å². The molecule has 0 aliphatic heterocycles. The van der Waals surface area contributed by atoms with Gasteiger partial charge < -0.3 is 10.4 Å². The summed E-state index contributed by atoms with van der Waals surface area (Å²) in [4.78, 5) is 22.8. The minimum atomic E-state index is -0.946. The van der Waals surface area contributed by atoms with Gasteiger partial charge in [-0.15, -0.1) is 0 Å². The van der Waals surface area contributed by atoms with Gasteiger partial charge in [-0.3, -0.25) is 4.79 Å². The van der Waals surface area contributed by atoms with E-state index in [1.807, 2.05) is 0 Å². The highest BCUT2D eigenvalue weighted by Crippen LogP contribution is 2.22. The summed E-state index contributed by atoms with van der Waals surface area (Å²) in [7, 11) is 0. The zero-order valence-electron chi connectivity index (χ0n) is 12.5. The van der Waals surface area contributed by atoms with Gasteiger partial charge >= 0.3 is 5.97 Å². The topological polar surface area (TPSA) is 66.4 Å². The van der Waals surface area contributed by atoms with Crippen LogP contribution in [0.15, 0.2) is 24.3 Å². The third-order valence-corrected chi connectivity index (χ3v) is 4.19. The van der Waals surface area contributed by atoms with Crippen molar-refractivity contribution in [3.63, 3.8) is 0 Å². The van der Waals surface area contributed by atoms with Gasteiger partial charge in [-0.25, -0.2) is 4.79 Å². The molecule has 1 amide bonds. The number of hydrogen-bond donors (Lipinski definition) is 2. The van der Waals surface area contributed by atoms with Crippen LogP contribution in [0.1, 0.15) is 54.9 Å². The first-order valence-corrected chi connectivity index (χ1v) is 7.66. The van der Waals surface area contributed by atoms with Gasteiger partial charge in [0, 0.05) is 6.04 Å². The maximum absolute atomic E-state index is 12.1. The van der Waals surface area contributed by atoms with Gasteiger partial charge in [0.05, 0.1) is 12.0 Å². The van der Waals surface area contributed by atoms with Crippen LogP contribution in [0, 0.1) is 5.92 Å². The standard InChI is InChI=1S/C17H23NO3/c1-12-3-2-4-15(10-5-12)18-16(19)11-13-6-8-14(9-7-13)17(20)21/h6-9,12,15H,2-5,10-11H2,1H3,(H,18,19)(H,20,21). The number of carbonyl (C=O) groups excluding carboxylic acids is 1. The molecule has 0 radical (unpaired) electrons. The fourth-order valence-corrected chi connectivity index (χ4v) is 2.86. The van der Waals surface area contributed by atoms with E-state index in [1.165, 1.54) is 31.4 Å². The summed E-state index contributed by atoms with van der Waals surface area (Å²) < 4.78 is 0. The summed E-state index contributed by atoms with van der Waals surface area (Å²) in [5.74, 6) is -0.160. The molecule has 4 nitrogen and oxygen atoms in total. The van der Waals surface area contributed by atoms with Gasteiger partial charge in [0.15, 0.2) is 0 Å². The Morgan fingerprint density at radius 3 is 2.52 bits per heavy atom. The number of nitrogens with one attached hydrogen (secondary N) is 1. The highest BCUT2D eigenvalue weighted by atomic mass is 16.4. The summed E-state index contributed by atoms with van der Waals surface area (Å²) in [5, 5.41) is 12.0. The Bertz CT molecular complexity index is 495. The molecule has 1 aromatic carbocycles. The first kappa shape index (κ1) is 15.5. The van der Waals surface area contributed by atoms with E-state index in [0.29, 0.717) is 12.5 Å². The molecule has 1 aromatic rings. The van der Waals surface area contributed by atoms with Crippen molar-refractivity contribution >= 4 is 11.9 Å². The third-order valence-electron chi connectivity index (χ3n) is 4.19. The van der Waals surface area contributed by atoms with E-state index in [-0.39, 0.29) is 11.5 Å². The van der Waals surface area contributed by atoms with Gasteiger partial charge in [-0.1, -0.05) is 31.9 Å². The maximum atomic E-state index is 12.1. The molecule has 1 fully saturated rings. The van der Waals surface area contributed by atoms with Gasteiger partial charge in [-0.05, 0) is 42.9 Å². The van der Waals surface area contributed by atoms with E-state index in [4.69, 9.17) is 5.11 Å². The highest BCUT2D eigenvalue weighted by molar-refractivity contribution is 5.87. The van der Waals surface area contributed by atoms with Crippen LogP contribution in [0.25, 0.3) is 0 Å². The third kappa shape index (κ3) is 4.88. The van der Waals surface area contributed by atoms with E-state index in [9.17, 15) is 9.59 Å². The second-order valence-corrected chi connectivity index (χ2v) is 6.06. The number of hydrogen-bond acceptors (Lipinski definition) is 2. The second-order valence-electron chi connectivity index (χ2n) is 6.06. The maximum Gasteiger partial charge on any atom is 0.335 e. The van der Waals surface area contributed by atoms with Gasteiger partial charge in [-0.2, -0.15) is 0 Å². The zero-order chi connectivity index (χ0) is 15.2. The molecule has 2 rings (SSSR count). The Morgan fingerprint density at radius 1 is 1.14 bits per heavy atom. The summed E-state index contributed by atoms with van der Waals surface area (Å²) in [6, 6.07) is 6.79. The lowest BCUT2D eigenvalue weighted by molar-refractivity contribution is -0.121. The molecule has 0 heterocycles. The average molecular weight is 289 g/mol. The molecule has 2 unspecified atom stereocenters. The van der Waals surface area contributed by atoms with Crippen molar-refractivity contribution in [2.75, 3.05) is 0 Å². The molecule has 0 saturated heterocycles. The fourth-order valence-electron chi connectivity index (χ4n) is 2.86. The minimum Gasteiger partial charge on any atom is -0.478 e. The SMILES string of the molecule is CC1CCCC(NC(=O)Cc2ccc(C(=O)O)cc2)CC1. The lowest BCUT2D eigenvalue weighted by Crippen LogP contribution is -2.35. The quantitative estimate of drug-likeness (QED) is 0.837.